The highest BCUT2D eigenvalue weighted by molar-refractivity contribution is 6.30. The van der Waals surface area contributed by atoms with Crippen LogP contribution in [0, 0.1) is 0 Å². The van der Waals surface area contributed by atoms with Gasteiger partial charge in [-0.25, -0.2) is 4.68 Å². The molecule has 1 unspecified atom stereocenters. The molecule has 2 aliphatic rings. The lowest BCUT2D eigenvalue weighted by Crippen LogP contribution is -2.49. The number of hydrogen-bond donors (Lipinski definition) is 1. The Bertz CT molecular complexity index is 742. The molecular weight excluding hydrogens is 373 g/mol. The summed E-state index contributed by atoms with van der Waals surface area (Å²) in [5, 5.41) is 8.39. The molecule has 0 radical (unpaired) electrons. The van der Waals surface area contributed by atoms with Gasteiger partial charge < -0.3 is 10.2 Å². The van der Waals surface area contributed by atoms with Crippen molar-refractivity contribution in [2.75, 3.05) is 39.3 Å². The largest absolute Gasteiger partial charge is 0.337 e. The van der Waals surface area contributed by atoms with Crippen molar-refractivity contribution < 1.29 is 4.79 Å². The molecule has 2 aromatic rings. The van der Waals surface area contributed by atoms with Crippen molar-refractivity contribution in [2.24, 2.45) is 0 Å². The van der Waals surface area contributed by atoms with Crippen LogP contribution in [-0.2, 0) is 0 Å². The smallest absolute Gasteiger partial charge is 0.257 e. The standard InChI is InChI=1S/C18H22ClN5O.ClH/c19-15-1-3-16(4-2-15)24-12-14(11-21-24)18(25)23-8-5-17(13-23)22-9-6-20-7-10-22;/h1-4,11-12,17,20H,5-10,13H2;1H. The zero-order chi connectivity index (χ0) is 17.2. The van der Waals surface area contributed by atoms with E-state index in [4.69, 9.17) is 11.6 Å². The molecule has 0 spiro atoms. The number of halogens is 2. The van der Waals surface area contributed by atoms with Gasteiger partial charge in [0.05, 0.1) is 17.4 Å². The number of rotatable bonds is 3. The quantitative estimate of drug-likeness (QED) is 0.863. The maximum atomic E-state index is 12.8. The molecule has 1 aromatic carbocycles. The SMILES string of the molecule is Cl.O=C(c1cnn(-c2ccc(Cl)cc2)c1)N1CCC(N2CCNCC2)C1. The van der Waals surface area contributed by atoms with Crippen molar-refractivity contribution in [3.8, 4) is 5.69 Å². The summed E-state index contributed by atoms with van der Waals surface area (Å²) < 4.78 is 1.72. The maximum absolute atomic E-state index is 12.8. The van der Waals surface area contributed by atoms with Crippen molar-refractivity contribution in [3.63, 3.8) is 0 Å². The number of amides is 1. The van der Waals surface area contributed by atoms with E-state index in [1.165, 1.54) is 0 Å². The van der Waals surface area contributed by atoms with Gasteiger partial charge in [-0.15, -0.1) is 12.4 Å². The first-order chi connectivity index (χ1) is 12.2. The van der Waals surface area contributed by atoms with Gasteiger partial charge in [-0.3, -0.25) is 9.69 Å². The highest BCUT2D eigenvalue weighted by Gasteiger charge is 2.31. The van der Waals surface area contributed by atoms with E-state index < -0.39 is 0 Å². The van der Waals surface area contributed by atoms with E-state index in [0.717, 1.165) is 51.4 Å². The summed E-state index contributed by atoms with van der Waals surface area (Å²) in [6.45, 7) is 5.85. The summed E-state index contributed by atoms with van der Waals surface area (Å²) in [7, 11) is 0. The van der Waals surface area contributed by atoms with Crippen molar-refractivity contribution in [3.05, 3.63) is 47.2 Å². The fourth-order valence-corrected chi connectivity index (χ4v) is 3.75. The first-order valence-corrected chi connectivity index (χ1v) is 9.13. The third kappa shape index (κ3) is 4.04. The van der Waals surface area contributed by atoms with Crippen LogP contribution in [0.2, 0.25) is 5.02 Å². The molecule has 1 atom stereocenters. The van der Waals surface area contributed by atoms with E-state index in [2.05, 4.69) is 15.3 Å². The minimum Gasteiger partial charge on any atom is -0.337 e. The normalized spacial score (nSPS) is 20.8. The minimum absolute atomic E-state index is 0. The number of carbonyl (C=O) groups is 1. The molecule has 6 nitrogen and oxygen atoms in total. The molecule has 1 amide bonds. The Morgan fingerprint density at radius 2 is 1.88 bits per heavy atom. The first-order valence-electron chi connectivity index (χ1n) is 8.75. The van der Waals surface area contributed by atoms with Crippen LogP contribution in [-0.4, -0.2) is 70.8 Å². The molecule has 1 N–H and O–H groups in total. The molecular formula is C18H23Cl2N5O. The van der Waals surface area contributed by atoms with Crippen LogP contribution in [0.5, 0.6) is 0 Å². The molecule has 4 rings (SSSR count). The van der Waals surface area contributed by atoms with Crippen LogP contribution >= 0.6 is 24.0 Å². The van der Waals surface area contributed by atoms with Crippen LogP contribution in [0.15, 0.2) is 36.7 Å². The summed E-state index contributed by atoms with van der Waals surface area (Å²) >= 11 is 5.92. The number of nitrogens with one attached hydrogen (secondary N) is 1. The van der Waals surface area contributed by atoms with Gasteiger partial charge in [0, 0.05) is 56.5 Å². The van der Waals surface area contributed by atoms with Gasteiger partial charge in [0.15, 0.2) is 0 Å². The Morgan fingerprint density at radius 1 is 1.15 bits per heavy atom. The molecule has 8 heteroatoms. The second-order valence-corrected chi connectivity index (χ2v) is 7.07. The van der Waals surface area contributed by atoms with Crippen LogP contribution < -0.4 is 5.32 Å². The number of carbonyl (C=O) groups excluding carboxylic acids is 1. The van der Waals surface area contributed by atoms with Crippen LogP contribution in [0.1, 0.15) is 16.8 Å². The summed E-state index contributed by atoms with van der Waals surface area (Å²) in [5.41, 5.74) is 1.53. The Labute approximate surface area is 164 Å². The van der Waals surface area contributed by atoms with Crippen molar-refractivity contribution >= 4 is 29.9 Å². The number of nitrogens with zero attached hydrogens (tertiary/aromatic N) is 4. The van der Waals surface area contributed by atoms with E-state index in [9.17, 15) is 4.79 Å². The molecule has 2 fully saturated rings. The number of benzene rings is 1. The van der Waals surface area contributed by atoms with E-state index in [0.29, 0.717) is 16.6 Å². The van der Waals surface area contributed by atoms with Gasteiger partial charge >= 0.3 is 0 Å². The highest BCUT2D eigenvalue weighted by Crippen LogP contribution is 2.19. The Hall–Kier alpha value is -1.60. The van der Waals surface area contributed by atoms with Gasteiger partial charge in [-0.1, -0.05) is 11.6 Å². The molecule has 140 valence electrons. The summed E-state index contributed by atoms with van der Waals surface area (Å²) in [5.74, 6) is 0.0675. The minimum atomic E-state index is 0. The first kappa shape index (κ1) is 19.2. The molecule has 3 heterocycles. The molecule has 0 saturated carbocycles. The Morgan fingerprint density at radius 3 is 2.62 bits per heavy atom. The number of aromatic nitrogens is 2. The average molecular weight is 396 g/mol. The summed E-state index contributed by atoms with van der Waals surface area (Å²) in [6, 6.07) is 7.90. The Balaban J connectivity index is 0.00000196. The lowest BCUT2D eigenvalue weighted by Gasteiger charge is -2.32. The van der Waals surface area contributed by atoms with E-state index in [1.807, 2.05) is 29.2 Å². The summed E-state index contributed by atoms with van der Waals surface area (Å²) in [4.78, 5) is 17.2. The monoisotopic (exact) mass is 395 g/mol. The molecule has 2 saturated heterocycles. The number of likely N-dealkylation sites (tertiary alicyclic amines) is 1. The van der Waals surface area contributed by atoms with Crippen molar-refractivity contribution in [2.45, 2.75) is 12.5 Å². The van der Waals surface area contributed by atoms with Gasteiger partial charge in [0.25, 0.3) is 5.91 Å². The predicted molar refractivity (Wildman–Crippen MR) is 105 cm³/mol. The lowest BCUT2D eigenvalue weighted by molar-refractivity contribution is 0.0773. The lowest BCUT2D eigenvalue weighted by atomic mass is 10.2. The molecule has 26 heavy (non-hydrogen) atoms. The van der Waals surface area contributed by atoms with Gasteiger partial charge in [-0.05, 0) is 30.7 Å². The number of piperazine rings is 1. The molecule has 0 bridgehead atoms. The zero-order valence-electron chi connectivity index (χ0n) is 14.5. The fraction of sp³-hybridized carbons (Fsp3) is 0.444. The third-order valence-electron chi connectivity index (χ3n) is 5.04. The topological polar surface area (TPSA) is 53.4 Å². The van der Waals surface area contributed by atoms with E-state index in [1.54, 1.807) is 17.1 Å². The second-order valence-electron chi connectivity index (χ2n) is 6.63. The third-order valence-corrected chi connectivity index (χ3v) is 5.29. The predicted octanol–water partition coefficient (Wildman–Crippen LogP) is 2.07. The van der Waals surface area contributed by atoms with Crippen molar-refractivity contribution in [1.29, 1.82) is 0 Å². The van der Waals surface area contributed by atoms with Gasteiger partial charge in [0.1, 0.15) is 0 Å². The fourth-order valence-electron chi connectivity index (χ4n) is 3.62. The maximum Gasteiger partial charge on any atom is 0.257 e. The molecule has 0 aliphatic carbocycles. The average Bonchev–Trinajstić information content (AvgIpc) is 3.33. The van der Waals surface area contributed by atoms with Gasteiger partial charge in [0.2, 0.25) is 0 Å². The van der Waals surface area contributed by atoms with Crippen molar-refractivity contribution in [1.82, 2.24) is 24.9 Å². The molecule has 1 aromatic heterocycles. The highest BCUT2D eigenvalue weighted by atomic mass is 35.5. The van der Waals surface area contributed by atoms with E-state index in [-0.39, 0.29) is 18.3 Å². The van der Waals surface area contributed by atoms with Crippen LogP contribution in [0.4, 0.5) is 0 Å². The summed E-state index contributed by atoms with van der Waals surface area (Å²) in [6.07, 6.45) is 4.50. The van der Waals surface area contributed by atoms with Crippen LogP contribution in [0.3, 0.4) is 0 Å². The Kier molecular flexibility index (Phi) is 6.19. The van der Waals surface area contributed by atoms with Crippen LogP contribution in [0.25, 0.3) is 5.69 Å². The molecule has 2 aliphatic heterocycles. The second kappa shape index (κ2) is 8.39. The van der Waals surface area contributed by atoms with Gasteiger partial charge in [-0.2, -0.15) is 5.10 Å². The zero-order valence-corrected chi connectivity index (χ0v) is 16.0. The number of hydrogen-bond acceptors (Lipinski definition) is 4. The van der Waals surface area contributed by atoms with E-state index >= 15 is 0 Å².